The highest BCUT2D eigenvalue weighted by molar-refractivity contribution is 6.32. The van der Waals surface area contributed by atoms with Gasteiger partial charge in [-0.3, -0.25) is 0 Å². The molecule has 0 bridgehead atoms. The molecule has 0 saturated carbocycles. The summed E-state index contributed by atoms with van der Waals surface area (Å²) in [6.45, 7) is 5.95. The van der Waals surface area contributed by atoms with Gasteiger partial charge in [-0.1, -0.05) is 24.6 Å². The number of nitrogens with two attached hydrogens (primary N) is 1. The zero-order valence-electron chi connectivity index (χ0n) is 9.18. The van der Waals surface area contributed by atoms with Gasteiger partial charge in [0.25, 0.3) is 0 Å². The maximum atomic E-state index is 6.26. The second kappa shape index (κ2) is 4.03. The highest BCUT2D eigenvalue weighted by Gasteiger charge is 2.29. The lowest BCUT2D eigenvalue weighted by molar-refractivity contribution is 0.498. The third-order valence-corrected chi connectivity index (χ3v) is 3.66. The number of nitrogens with one attached hydrogen (secondary N) is 1. The molecule has 3 heteroatoms. The number of anilines is 1. The van der Waals surface area contributed by atoms with Crippen LogP contribution in [0, 0.1) is 12.8 Å². The Labute approximate surface area is 95.8 Å². The Kier molecular flexibility index (Phi) is 2.89. The van der Waals surface area contributed by atoms with E-state index in [1.165, 1.54) is 16.8 Å². The topological polar surface area (TPSA) is 38.0 Å². The molecule has 0 aromatic heterocycles. The van der Waals surface area contributed by atoms with Gasteiger partial charge >= 0.3 is 0 Å². The number of hydrogen-bond donors (Lipinski definition) is 2. The summed E-state index contributed by atoms with van der Waals surface area (Å²) in [5.41, 5.74) is 9.47. The van der Waals surface area contributed by atoms with Crippen LogP contribution in [0.4, 0.5) is 5.69 Å². The van der Waals surface area contributed by atoms with Crippen LogP contribution in [0.25, 0.3) is 0 Å². The Hall–Kier alpha value is -0.730. The van der Waals surface area contributed by atoms with Gasteiger partial charge in [-0.05, 0) is 36.6 Å². The van der Waals surface area contributed by atoms with Crippen LogP contribution in [0.2, 0.25) is 5.02 Å². The van der Waals surface area contributed by atoms with Gasteiger partial charge in [0.2, 0.25) is 0 Å². The van der Waals surface area contributed by atoms with Crippen molar-refractivity contribution in [3.63, 3.8) is 0 Å². The first kappa shape index (κ1) is 10.8. The minimum atomic E-state index is 0.456. The van der Waals surface area contributed by atoms with Crippen LogP contribution in [-0.2, 0) is 0 Å². The third-order valence-electron chi connectivity index (χ3n) is 3.33. The largest absolute Gasteiger partial charge is 0.384 e. The van der Waals surface area contributed by atoms with Gasteiger partial charge < -0.3 is 11.1 Å². The first-order valence-corrected chi connectivity index (χ1v) is 5.76. The van der Waals surface area contributed by atoms with Crippen LogP contribution in [0.3, 0.4) is 0 Å². The molecule has 0 fully saturated rings. The first-order chi connectivity index (χ1) is 7.15. The summed E-state index contributed by atoms with van der Waals surface area (Å²) in [6, 6.07) is 4.04. The Balaban J connectivity index is 2.45. The number of rotatable bonds is 2. The van der Waals surface area contributed by atoms with E-state index in [2.05, 4.69) is 25.2 Å². The predicted octanol–water partition coefficient (Wildman–Crippen LogP) is 2.75. The highest BCUT2D eigenvalue weighted by Crippen LogP contribution is 2.42. The van der Waals surface area contributed by atoms with Crippen LogP contribution in [0.5, 0.6) is 0 Å². The summed E-state index contributed by atoms with van der Waals surface area (Å²) in [5, 5.41) is 4.30. The quantitative estimate of drug-likeness (QED) is 0.811. The fraction of sp³-hybridized carbons (Fsp3) is 0.500. The fourth-order valence-corrected chi connectivity index (χ4v) is 2.56. The molecule has 0 amide bonds. The molecule has 3 N–H and O–H groups in total. The molecule has 2 nitrogen and oxygen atoms in total. The van der Waals surface area contributed by atoms with E-state index in [1.54, 1.807) is 0 Å². The second-order valence-electron chi connectivity index (χ2n) is 4.35. The number of benzene rings is 1. The van der Waals surface area contributed by atoms with Crippen molar-refractivity contribution in [1.82, 2.24) is 0 Å². The zero-order chi connectivity index (χ0) is 11.0. The Morgan fingerprint density at radius 2 is 2.33 bits per heavy atom. The Bertz CT molecular complexity index is 376. The fourth-order valence-electron chi connectivity index (χ4n) is 2.26. The van der Waals surface area contributed by atoms with Gasteiger partial charge in [-0.2, -0.15) is 0 Å². The number of halogens is 1. The molecule has 2 atom stereocenters. The van der Waals surface area contributed by atoms with Crippen molar-refractivity contribution in [2.75, 3.05) is 18.4 Å². The molecule has 0 saturated heterocycles. The summed E-state index contributed by atoms with van der Waals surface area (Å²) >= 11 is 6.26. The van der Waals surface area contributed by atoms with Gasteiger partial charge in [0.15, 0.2) is 0 Å². The first-order valence-electron chi connectivity index (χ1n) is 5.38. The van der Waals surface area contributed by atoms with Crippen molar-refractivity contribution in [1.29, 1.82) is 0 Å². The molecule has 1 aromatic carbocycles. The Morgan fingerprint density at radius 3 is 3.00 bits per heavy atom. The van der Waals surface area contributed by atoms with Crippen molar-refractivity contribution >= 4 is 17.3 Å². The molecule has 0 spiro atoms. The molecule has 2 rings (SSSR count). The van der Waals surface area contributed by atoms with E-state index in [9.17, 15) is 0 Å². The van der Waals surface area contributed by atoms with Crippen molar-refractivity contribution in [3.8, 4) is 0 Å². The predicted molar refractivity (Wildman–Crippen MR) is 65.6 cm³/mol. The number of hydrogen-bond acceptors (Lipinski definition) is 2. The van der Waals surface area contributed by atoms with Crippen LogP contribution < -0.4 is 11.1 Å². The van der Waals surface area contributed by atoms with Gasteiger partial charge in [0.05, 0.1) is 0 Å². The second-order valence-corrected chi connectivity index (χ2v) is 4.76. The lowest BCUT2D eigenvalue weighted by Gasteiger charge is -2.18. The summed E-state index contributed by atoms with van der Waals surface area (Å²) in [7, 11) is 0. The van der Waals surface area contributed by atoms with Crippen LogP contribution in [0.1, 0.15) is 24.0 Å². The van der Waals surface area contributed by atoms with Crippen LogP contribution in [0.15, 0.2) is 12.1 Å². The molecule has 82 valence electrons. The summed E-state index contributed by atoms with van der Waals surface area (Å²) < 4.78 is 0. The monoisotopic (exact) mass is 224 g/mol. The number of fused-ring (bicyclic) bond motifs is 1. The van der Waals surface area contributed by atoms with Crippen molar-refractivity contribution in [3.05, 3.63) is 28.3 Å². The molecular formula is C12H17ClN2. The molecule has 1 aromatic rings. The molecule has 1 aliphatic rings. The van der Waals surface area contributed by atoms with Crippen LogP contribution in [-0.4, -0.2) is 13.1 Å². The molecular weight excluding hydrogens is 208 g/mol. The SMILES string of the molecule is Cc1ccc(Cl)c2c1NCC2C(C)CN. The van der Waals surface area contributed by atoms with E-state index < -0.39 is 0 Å². The molecule has 1 aliphatic heterocycles. The normalized spacial score (nSPS) is 20.9. The molecule has 1 heterocycles. The minimum Gasteiger partial charge on any atom is -0.384 e. The Morgan fingerprint density at radius 1 is 1.60 bits per heavy atom. The van der Waals surface area contributed by atoms with Gasteiger partial charge in [-0.15, -0.1) is 0 Å². The van der Waals surface area contributed by atoms with Crippen molar-refractivity contribution in [2.45, 2.75) is 19.8 Å². The third kappa shape index (κ3) is 1.72. The smallest absolute Gasteiger partial charge is 0.0462 e. The maximum Gasteiger partial charge on any atom is 0.0462 e. The van der Waals surface area contributed by atoms with E-state index in [0.29, 0.717) is 18.4 Å². The highest BCUT2D eigenvalue weighted by atomic mass is 35.5. The van der Waals surface area contributed by atoms with Crippen molar-refractivity contribution in [2.24, 2.45) is 11.7 Å². The zero-order valence-corrected chi connectivity index (χ0v) is 9.93. The van der Waals surface area contributed by atoms with E-state index in [1.807, 2.05) is 6.07 Å². The van der Waals surface area contributed by atoms with Gasteiger partial charge in [0, 0.05) is 23.2 Å². The van der Waals surface area contributed by atoms with E-state index in [-0.39, 0.29) is 0 Å². The average molecular weight is 225 g/mol. The lowest BCUT2D eigenvalue weighted by atomic mass is 9.88. The standard InChI is InChI=1S/C12H17ClN2/c1-7-3-4-10(13)11-9(8(2)5-14)6-15-12(7)11/h3-4,8-9,15H,5-6,14H2,1-2H3. The summed E-state index contributed by atoms with van der Waals surface area (Å²) in [4.78, 5) is 0. The lowest BCUT2D eigenvalue weighted by Crippen LogP contribution is -2.20. The molecule has 0 aliphatic carbocycles. The number of aryl methyl sites for hydroxylation is 1. The van der Waals surface area contributed by atoms with Gasteiger partial charge in [-0.25, -0.2) is 0 Å². The maximum absolute atomic E-state index is 6.26. The molecule has 0 radical (unpaired) electrons. The summed E-state index contributed by atoms with van der Waals surface area (Å²) in [5.74, 6) is 0.926. The minimum absolute atomic E-state index is 0.456. The van der Waals surface area contributed by atoms with Crippen molar-refractivity contribution < 1.29 is 0 Å². The van der Waals surface area contributed by atoms with Crippen LogP contribution >= 0.6 is 11.6 Å². The summed E-state index contributed by atoms with van der Waals surface area (Å²) in [6.07, 6.45) is 0. The average Bonchev–Trinajstić information content (AvgIpc) is 2.68. The molecule has 2 unspecified atom stereocenters. The van der Waals surface area contributed by atoms with E-state index in [0.717, 1.165) is 11.6 Å². The van der Waals surface area contributed by atoms with E-state index in [4.69, 9.17) is 17.3 Å². The van der Waals surface area contributed by atoms with E-state index >= 15 is 0 Å². The molecule has 15 heavy (non-hydrogen) atoms. The van der Waals surface area contributed by atoms with Gasteiger partial charge in [0.1, 0.15) is 0 Å².